The van der Waals surface area contributed by atoms with E-state index < -0.39 is 17.7 Å². The number of likely N-dealkylation sites (tertiary alicyclic amines) is 1. The van der Waals surface area contributed by atoms with Crippen molar-refractivity contribution in [3.63, 3.8) is 0 Å². The van der Waals surface area contributed by atoms with Gasteiger partial charge in [0.25, 0.3) is 11.7 Å². The zero-order valence-electron chi connectivity index (χ0n) is 21.1. The predicted octanol–water partition coefficient (Wildman–Crippen LogP) is 6.89. The summed E-state index contributed by atoms with van der Waals surface area (Å²) in [6.07, 6.45) is 2.53. The number of carbonyl (C=O) groups excluding carboxylic acids is 2. The molecule has 2 N–H and O–H groups in total. The highest BCUT2D eigenvalue weighted by atomic mass is 79.9. The second-order valence-electron chi connectivity index (χ2n) is 10.5. The smallest absolute Gasteiger partial charge is 0.295 e. The predicted molar refractivity (Wildman–Crippen MR) is 150 cm³/mol. The van der Waals surface area contributed by atoms with Gasteiger partial charge in [0, 0.05) is 33.7 Å². The molecule has 1 aliphatic heterocycles. The lowest BCUT2D eigenvalue weighted by Gasteiger charge is -2.26. The highest BCUT2D eigenvalue weighted by molar-refractivity contribution is 9.10. The number of fused-ring (bicyclic) bond motifs is 1. The normalized spacial score (nSPS) is 17.6. The Morgan fingerprint density at radius 1 is 0.973 bits per heavy atom. The van der Waals surface area contributed by atoms with Crippen LogP contribution < -0.4 is 0 Å². The topological polar surface area (TPSA) is 73.4 Å². The molecule has 3 aromatic carbocycles. The lowest BCUT2D eigenvalue weighted by Crippen LogP contribution is -2.31. The molecule has 0 spiro atoms. The van der Waals surface area contributed by atoms with Gasteiger partial charge in [0.2, 0.25) is 0 Å². The zero-order chi connectivity index (χ0) is 26.3. The van der Waals surface area contributed by atoms with Crippen molar-refractivity contribution in [2.75, 3.05) is 6.54 Å². The summed E-state index contributed by atoms with van der Waals surface area (Å²) in [5.74, 6) is -1.42. The first-order chi connectivity index (χ1) is 17.6. The number of aliphatic hydroxyl groups is 1. The van der Waals surface area contributed by atoms with Gasteiger partial charge in [-0.2, -0.15) is 0 Å². The molecule has 0 bridgehead atoms. The molecule has 1 aliphatic rings. The molecular weight excluding hydrogens is 528 g/mol. The maximum Gasteiger partial charge on any atom is 0.295 e. The van der Waals surface area contributed by atoms with Gasteiger partial charge in [-0.1, -0.05) is 91.3 Å². The molecule has 2 heterocycles. The van der Waals surface area contributed by atoms with E-state index in [1.165, 1.54) is 0 Å². The molecule has 5 rings (SSSR count). The van der Waals surface area contributed by atoms with Gasteiger partial charge in [-0.3, -0.25) is 9.59 Å². The number of aromatic amines is 1. The van der Waals surface area contributed by atoms with Crippen molar-refractivity contribution < 1.29 is 14.7 Å². The number of benzene rings is 3. The molecule has 6 heteroatoms. The summed E-state index contributed by atoms with van der Waals surface area (Å²) in [5.41, 5.74) is 4.64. The van der Waals surface area contributed by atoms with Crippen LogP contribution in [0.5, 0.6) is 0 Å². The van der Waals surface area contributed by atoms with Crippen molar-refractivity contribution in [1.82, 2.24) is 9.88 Å². The van der Waals surface area contributed by atoms with E-state index in [1.807, 2.05) is 54.7 Å². The Labute approximate surface area is 225 Å². The zero-order valence-corrected chi connectivity index (χ0v) is 22.7. The second-order valence-corrected chi connectivity index (χ2v) is 11.4. The van der Waals surface area contributed by atoms with E-state index in [9.17, 15) is 14.7 Å². The van der Waals surface area contributed by atoms with Gasteiger partial charge < -0.3 is 15.0 Å². The van der Waals surface area contributed by atoms with E-state index in [-0.39, 0.29) is 16.7 Å². The standard InChI is InChI=1S/C31H29BrN2O3/c1-31(2,3)22-12-8-19(9-13-22)27-26(28(35)20-10-14-23(32)15-11-20)29(36)30(37)34(27)17-16-21-18-33-25-7-5-4-6-24(21)25/h4-15,18,27,33,35H,16-17H2,1-3H3/t27-/m1/s1. The summed E-state index contributed by atoms with van der Waals surface area (Å²) < 4.78 is 0.859. The Balaban J connectivity index is 1.57. The number of hydrogen-bond donors (Lipinski definition) is 2. The van der Waals surface area contributed by atoms with Crippen molar-refractivity contribution >= 4 is 44.3 Å². The van der Waals surface area contributed by atoms with E-state index >= 15 is 0 Å². The van der Waals surface area contributed by atoms with Gasteiger partial charge in [0.15, 0.2) is 0 Å². The number of para-hydroxylation sites is 1. The number of Topliss-reactive ketones (excluding diaryl/α,β-unsaturated/α-hetero) is 1. The largest absolute Gasteiger partial charge is 0.507 e. The van der Waals surface area contributed by atoms with Crippen LogP contribution in [0.3, 0.4) is 0 Å². The number of aliphatic hydroxyl groups excluding tert-OH is 1. The van der Waals surface area contributed by atoms with Crippen LogP contribution in [0.4, 0.5) is 0 Å². The SMILES string of the molecule is CC(C)(C)c1ccc([C@@H]2C(=C(O)c3ccc(Br)cc3)C(=O)C(=O)N2CCc2c[nH]c3ccccc23)cc1. The number of H-pyrrole nitrogens is 1. The fourth-order valence-electron chi connectivity index (χ4n) is 4.97. The number of carbonyl (C=O) groups is 2. The molecule has 4 aromatic rings. The number of rotatable bonds is 5. The second kappa shape index (κ2) is 9.67. The maximum atomic E-state index is 13.4. The molecule has 1 aromatic heterocycles. The van der Waals surface area contributed by atoms with Gasteiger partial charge >= 0.3 is 0 Å². The molecule has 0 aliphatic carbocycles. The molecule has 188 valence electrons. The highest BCUT2D eigenvalue weighted by Crippen LogP contribution is 2.40. The summed E-state index contributed by atoms with van der Waals surface area (Å²) in [7, 11) is 0. The van der Waals surface area contributed by atoms with Crippen molar-refractivity contribution in [1.29, 1.82) is 0 Å². The molecule has 0 radical (unpaired) electrons. The Hall–Kier alpha value is -3.64. The summed E-state index contributed by atoms with van der Waals surface area (Å²) in [4.78, 5) is 31.6. The summed E-state index contributed by atoms with van der Waals surface area (Å²) in [6.45, 7) is 6.77. The first-order valence-electron chi connectivity index (χ1n) is 12.3. The van der Waals surface area contributed by atoms with Crippen LogP contribution in [0.1, 0.15) is 49.1 Å². The Bertz CT molecular complexity index is 1510. The van der Waals surface area contributed by atoms with Crippen LogP contribution in [0.25, 0.3) is 16.7 Å². The van der Waals surface area contributed by atoms with Gasteiger partial charge in [0.1, 0.15) is 5.76 Å². The van der Waals surface area contributed by atoms with Gasteiger partial charge in [-0.05, 0) is 46.7 Å². The minimum Gasteiger partial charge on any atom is -0.507 e. The van der Waals surface area contributed by atoms with Gasteiger partial charge in [-0.15, -0.1) is 0 Å². The van der Waals surface area contributed by atoms with Crippen LogP contribution in [-0.2, 0) is 21.4 Å². The van der Waals surface area contributed by atoms with Crippen LogP contribution in [0, 0.1) is 0 Å². The van der Waals surface area contributed by atoms with Crippen LogP contribution >= 0.6 is 15.9 Å². The van der Waals surface area contributed by atoms with Crippen LogP contribution in [0.2, 0.25) is 0 Å². The van der Waals surface area contributed by atoms with Crippen molar-refractivity contribution in [2.24, 2.45) is 0 Å². The minimum atomic E-state index is -0.678. The average molecular weight is 557 g/mol. The fourth-order valence-corrected chi connectivity index (χ4v) is 5.23. The van der Waals surface area contributed by atoms with E-state index in [0.29, 0.717) is 18.5 Å². The maximum absolute atomic E-state index is 13.4. The summed E-state index contributed by atoms with van der Waals surface area (Å²) >= 11 is 3.41. The molecule has 1 atom stereocenters. The monoisotopic (exact) mass is 556 g/mol. The Morgan fingerprint density at radius 3 is 2.32 bits per heavy atom. The molecule has 1 fully saturated rings. The van der Waals surface area contributed by atoms with E-state index in [4.69, 9.17) is 0 Å². The first-order valence-corrected chi connectivity index (χ1v) is 13.1. The van der Waals surface area contributed by atoms with Crippen molar-refractivity contribution in [3.8, 4) is 0 Å². The third-order valence-corrected chi connectivity index (χ3v) is 7.58. The number of hydrogen-bond acceptors (Lipinski definition) is 3. The molecule has 0 unspecified atom stereocenters. The molecule has 37 heavy (non-hydrogen) atoms. The lowest BCUT2D eigenvalue weighted by atomic mass is 9.85. The van der Waals surface area contributed by atoms with Gasteiger partial charge in [0.05, 0.1) is 11.6 Å². The van der Waals surface area contributed by atoms with Crippen molar-refractivity contribution in [3.05, 3.63) is 111 Å². The van der Waals surface area contributed by atoms with E-state index in [2.05, 4.69) is 41.7 Å². The highest BCUT2D eigenvalue weighted by Gasteiger charge is 2.46. The number of ketones is 1. The summed E-state index contributed by atoms with van der Waals surface area (Å²) in [5, 5.41) is 12.4. The quantitative estimate of drug-likeness (QED) is 0.159. The van der Waals surface area contributed by atoms with E-state index in [1.54, 1.807) is 29.2 Å². The number of nitrogens with one attached hydrogen (secondary N) is 1. The lowest BCUT2D eigenvalue weighted by molar-refractivity contribution is -0.139. The molecule has 5 nitrogen and oxygen atoms in total. The fraction of sp³-hybridized carbons (Fsp3) is 0.226. The molecule has 1 amide bonds. The molecule has 0 saturated carbocycles. The average Bonchev–Trinajstić information content (AvgIpc) is 3.41. The van der Waals surface area contributed by atoms with Crippen molar-refractivity contribution in [2.45, 2.75) is 38.6 Å². The number of halogens is 1. The van der Waals surface area contributed by atoms with E-state index in [0.717, 1.165) is 32.1 Å². The third kappa shape index (κ3) is 4.74. The number of aromatic nitrogens is 1. The van der Waals surface area contributed by atoms with Crippen LogP contribution in [0.15, 0.2) is 89.0 Å². The van der Waals surface area contributed by atoms with Crippen LogP contribution in [-0.4, -0.2) is 33.2 Å². The Morgan fingerprint density at radius 2 is 1.65 bits per heavy atom. The molecule has 1 saturated heterocycles. The summed E-state index contributed by atoms with van der Waals surface area (Å²) in [6, 6.07) is 22.4. The molecular formula is C31H29BrN2O3. The first kappa shape index (κ1) is 25.0. The number of amides is 1. The van der Waals surface area contributed by atoms with Gasteiger partial charge in [-0.25, -0.2) is 0 Å². The number of nitrogens with zero attached hydrogens (tertiary/aromatic N) is 1. The third-order valence-electron chi connectivity index (χ3n) is 7.05. The minimum absolute atomic E-state index is 0.0346. The Kier molecular flexibility index (Phi) is 6.54.